The number of hydrogen-bond acceptors (Lipinski definition) is 4. The predicted molar refractivity (Wildman–Crippen MR) is 102 cm³/mol. The van der Waals surface area contributed by atoms with Gasteiger partial charge in [0, 0.05) is 35.5 Å². The molecule has 1 aliphatic carbocycles. The van der Waals surface area contributed by atoms with Crippen LogP contribution >= 0.6 is 0 Å². The first-order chi connectivity index (χ1) is 13.9. The number of carbonyl (C=O) groups excluding carboxylic acids is 1. The van der Waals surface area contributed by atoms with E-state index in [0.717, 1.165) is 35.9 Å². The van der Waals surface area contributed by atoms with Crippen molar-refractivity contribution in [3.63, 3.8) is 0 Å². The summed E-state index contributed by atoms with van der Waals surface area (Å²) in [6, 6.07) is 5.21. The summed E-state index contributed by atoms with van der Waals surface area (Å²) in [5, 5.41) is 11.0. The Morgan fingerprint density at radius 3 is 2.72 bits per heavy atom. The maximum Gasteiger partial charge on any atom is 0.249 e. The van der Waals surface area contributed by atoms with Crippen molar-refractivity contribution in [2.45, 2.75) is 52.1 Å². The molecule has 0 unspecified atom stereocenters. The minimum Gasteiger partial charge on any atom is -0.420 e. The monoisotopic (exact) mass is 400 g/mol. The van der Waals surface area contributed by atoms with Gasteiger partial charge in [-0.1, -0.05) is 12.5 Å². The van der Waals surface area contributed by atoms with E-state index in [4.69, 9.17) is 4.42 Å². The second kappa shape index (κ2) is 7.77. The zero-order chi connectivity index (χ0) is 20.5. The van der Waals surface area contributed by atoms with E-state index in [9.17, 15) is 13.6 Å². The quantitative estimate of drug-likeness (QED) is 0.678. The summed E-state index contributed by atoms with van der Waals surface area (Å²) in [6.45, 7) is 3.85. The molecule has 1 amide bonds. The van der Waals surface area contributed by atoms with Gasteiger partial charge in [-0.25, -0.2) is 8.78 Å². The van der Waals surface area contributed by atoms with Crippen LogP contribution in [0.1, 0.15) is 48.0 Å². The third-order valence-corrected chi connectivity index (χ3v) is 5.49. The maximum atomic E-state index is 13.7. The van der Waals surface area contributed by atoms with Crippen molar-refractivity contribution in [3.05, 3.63) is 58.7 Å². The van der Waals surface area contributed by atoms with E-state index in [-0.39, 0.29) is 24.6 Å². The van der Waals surface area contributed by atoms with Gasteiger partial charge in [0.1, 0.15) is 18.2 Å². The number of rotatable bonds is 6. The first kappa shape index (κ1) is 19.3. The number of aryl methyl sites for hydroxylation is 1. The van der Waals surface area contributed by atoms with Crippen molar-refractivity contribution in [2.24, 2.45) is 0 Å². The summed E-state index contributed by atoms with van der Waals surface area (Å²) in [5.41, 5.74) is 2.76. The fraction of sp³-hybridized carbons (Fsp3) is 0.381. The normalized spacial score (nSPS) is 14.1. The van der Waals surface area contributed by atoms with Crippen molar-refractivity contribution in [1.29, 1.82) is 0 Å². The highest BCUT2D eigenvalue weighted by Crippen LogP contribution is 2.37. The summed E-state index contributed by atoms with van der Waals surface area (Å²) in [7, 11) is 0. The molecule has 0 spiro atoms. The number of carbonyl (C=O) groups is 1. The number of nitrogens with zero attached hydrogens (tertiary/aromatic N) is 3. The average molecular weight is 400 g/mol. The molecule has 0 aliphatic heterocycles. The lowest BCUT2D eigenvalue weighted by Crippen LogP contribution is -2.28. The van der Waals surface area contributed by atoms with Crippen LogP contribution in [0.2, 0.25) is 0 Å². The van der Waals surface area contributed by atoms with Gasteiger partial charge in [-0.3, -0.25) is 4.79 Å². The Morgan fingerprint density at radius 1 is 1.24 bits per heavy atom. The Morgan fingerprint density at radius 2 is 2.03 bits per heavy atom. The molecule has 152 valence electrons. The lowest BCUT2D eigenvalue weighted by molar-refractivity contribution is -0.121. The number of amides is 1. The molecule has 2 aromatic heterocycles. The molecule has 6 nitrogen and oxygen atoms in total. The van der Waals surface area contributed by atoms with E-state index in [1.54, 1.807) is 0 Å². The molecule has 1 N–H and O–H groups in total. The second-order valence-electron chi connectivity index (χ2n) is 7.46. The Balaban J connectivity index is 1.44. The van der Waals surface area contributed by atoms with Crippen LogP contribution < -0.4 is 5.32 Å². The van der Waals surface area contributed by atoms with E-state index in [1.807, 2.05) is 24.5 Å². The van der Waals surface area contributed by atoms with Gasteiger partial charge in [-0.2, -0.15) is 0 Å². The highest BCUT2D eigenvalue weighted by atomic mass is 19.1. The largest absolute Gasteiger partial charge is 0.420 e. The minimum absolute atomic E-state index is 0.00836. The van der Waals surface area contributed by atoms with Crippen LogP contribution in [0.3, 0.4) is 0 Å². The van der Waals surface area contributed by atoms with E-state index >= 15 is 0 Å². The molecular formula is C21H22F2N4O2. The fourth-order valence-electron chi connectivity index (χ4n) is 3.48. The lowest BCUT2D eigenvalue weighted by atomic mass is 9.85. The van der Waals surface area contributed by atoms with Gasteiger partial charge >= 0.3 is 0 Å². The van der Waals surface area contributed by atoms with Gasteiger partial charge in [-0.05, 0) is 38.8 Å². The number of aromatic nitrogens is 3. The molecule has 4 rings (SSSR count). The molecule has 3 aromatic rings. The van der Waals surface area contributed by atoms with E-state index in [0.29, 0.717) is 17.7 Å². The Hall–Kier alpha value is -3.03. The van der Waals surface area contributed by atoms with Crippen molar-refractivity contribution in [1.82, 2.24) is 20.1 Å². The third kappa shape index (κ3) is 3.92. The Kier molecular flexibility index (Phi) is 5.17. The molecule has 0 radical (unpaired) electrons. The topological polar surface area (TPSA) is 73.0 Å². The molecule has 2 heterocycles. The summed E-state index contributed by atoms with van der Waals surface area (Å²) < 4.78 is 34.4. The van der Waals surface area contributed by atoms with Crippen LogP contribution in [-0.4, -0.2) is 20.7 Å². The Bertz CT molecular complexity index is 1050. The van der Waals surface area contributed by atoms with Gasteiger partial charge in [-0.15, -0.1) is 10.2 Å². The van der Waals surface area contributed by atoms with Crippen LogP contribution in [0.4, 0.5) is 8.78 Å². The number of nitrogens with one attached hydrogen (secondary N) is 1. The zero-order valence-electron chi connectivity index (χ0n) is 16.3. The first-order valence-corrected chi connectivity index (χ1v) is 9.63. The SMILES string of the molecule is Cc1cc(-c2nnc(C3CCC3)o2)c(C)n1CC(=O)NCc1ccc(F)cc1F. The van der Waals surface area contributed by atoms with Gasteiger partial charge in [0.2, 0.25) is 17.7 Å². The van der Waals surface area contributed by atoms with Crippen LogP contribution in [0.5, 0.6) is 0 Å². The Labute approximate surface area is 166 Å². The number of halogens is 2. The summed E-state index contributed by atoms with van der Waals surface area (Å²) >= 11 is 0. The second-order valence-corrected chi connectivity index (χ2v) is 7.46. The highest BCUT2D eigenvalue weighted by Gasteiger charge is 2.26. The highest BCUT2D eigenvalue weighted by molar-refractivity contribution is 5.76. The lowest BCUT2D eigenvalue weighted by Gasteiger charge is -2.20. The van der Waals surface area contributed by atoms with Crippen molar-refractivity contribution < 1.29 is 18.0 Å². The molecule has 0 atom stereocenters. The zero-order valence-corrected chi connectivity index (χ0v) is 16.3. The van der Waals surface area contributed by atoms with Crippen molar-refractivity contribution >= 4 is 5.91 Å². The summed E-state index contributed by atoms with van der Waals surface area (Å²) in [4.78, 5) is 12.4. The van der Waals surface area contributed by atoms with Crippen LogP contribution in [0, 0.1) is 25.5 Å². The molecule has 1 fully saturated rings. The van der Waals surface area contributed by atoms with Crippen molar-refractivity contribution in [3.8, 4) is 11.5 Å². The predicted octanol–water partition coefficient (Wildman–Crippen LogP) is 4.02. The molecule has 29 heavy (non-hydrogen) atoms. The van der Waals surface area contributed by atoms with E-state index < -0.39 is 11.6 Å². The van der Waals surface area contributed by atoms with Gasteiger partial charge in [0.05, 0.1) is 5.56 Å². The number of hydrogen-bond donors (Lipinski definition) is 1. The van der Waals surface area contributed by atoms with Crippen LogP contribution in [-0.2, 0) is 17.9 Å². The number of benzene rings is 1. The molecule has 1 aliphatic rings. The van der Waals surface area contributed by atoms with Crippen LogP contribution in [0.25, 0.3) is 11.5 Å². The van der Waals surface area contributed by atoms with Gasteiger partial charge in [0.25, 0.3) is 0 Å². The van der Waals surface area contributed by atoms with Crippen LogP contribution in [0.15, 0.2) is 28.7 Å². The molecule has 1 saturated carbocycles. The molecule has 1 aromatic carbocycles. The fourth-order valence-corrected chi connectivity index (χ4v) is 3.48. The summed E-state index contributed by atoms with van der Waals surface area (Å²) in [6.07, 6.45) is 3.35. The standard InChI is InChI=1S/C21H22F2N4O2/c1-12-8-17(21-26-25-20(29-21)14-4-3-5-14)13(2)27(12)11-19(28)24-10-15-6-7-16(22)9-18(15)23/h6-9,14H,3-5,10-11H2,1-2H3,(H,24,28). The minimum atomic E-state index is -0.681. The molecule has 8 heteroatoms. The van der Waals surface area contributed by atoms with Crippen molar-refractivity contribution in [2.75, 3.05) is 0 Å². The maximum absolute atomic E-state index is 13.7. The van der Waals surface area contributed by atoms with Gasteiger partial charge in [0.15, 0.2) is 0 Å². The smallest absolute Gasteiger partial charge is 0.249 e. The van der Waals surface area contributed by atoms with Gasteiger partial charge < -0.3 is 14.3 Å². The van der Waals surface area contributed by atoms with E-state index in [1.165, 1.54) is 18.6 Å². The molecule has 0 bridgehead atoms. The first-order valence-electron chi connectivity index (χ1n) is 9.63. The third-order valence-electron chi connectivity index (χ3n) is 5.49. The van der Waals surface area contributed by atoms with E-state index in [2.05, 4.69) is 15.5 Å². The molecule has 0 saturated heterocycles. The average Bonchev–Trinajstić information content (AvgIpc) is 3.20. The summed E-state index contributed by atoms with van der Waals surface area (Å²) in [5.74, 6) is -0.111. The molecular weight excluding hydrogens is 378 g/mol.